The number of para-hydroxylation sites is 1. The van der Waals surface area contributed by atoms with E-state index in [2.05, 4.69) is 16.0 Å². The van der Waals surface area contributed by atoms with Crippen LogP contribution >= 0.6 is 0 Å². The molecule has 0 radical (unpaired) electrons. The van der Waals surface area contributed by atoms with Gasteiger partial charge in [-0.3, -0.25) is 4.79 Å². The second-order valence-electron chi connectivity index (χ2n) is 10.0. The second-order valence-corrected chi connectivity index (χ2v) is 10.0. The van der Waals surface area contributed by atoms with Crippen molar-refractivity contribution in [3.8, 4) is 11.5 Å². The molecule has 1 saturated carbocycles. The van der Waals surface area contributed by atoms with Crippen LogP contribution in [0.3, 0.4) is 0 Å². The van der Waals surface area contributed by atoms with Crippen LogP contribution in [0.2, 0.25) is 0 Å². The number of carbonyl (C=O) groups excluding carboxylic acids is 2. The molecular formula is C28H35N3O6. The van der Waals surface area contributed by atoms with Crippen LogP contribution in [0.25, 0.3) is 0 Å². The van der Waals surface area contributed by atoms with Gasteiger partial charge in [0.15, 0.2) is 0 Å². The molecule has 4 N–H and O–H groups in total. The average Bonchev–Trinajstić information content (AvgIpc) is 3.54. The van der Waals surface area contributed by atoms with Gasteiger partial charge >= 0.3 is 6.03 Å². The maximum atomic E-state index is 12.8. The molecule has 4 atom stereocenters. The Labute approximate surface area is 216 Å². The molecule has 0 spiro atoms. The summed E-state index contributed by atoms with van der Waals surface area (Å²) < 4.78 is 17.6. The van der Waals surface area contributed by atoms with Gasteiger partial charge in [0, 0.05) is 35.3 Å². The molecule has 0 unspecified atom stereocenters. The normalized spacial score (nSPS) is 24.5. The number of anilines is 1. The summed E-state index contributed by atoms with van der Waals surface area (Å²) >= 11 is 0. The first-order valence-electron chi connectivity index (χ1n) is 13.1. The lowest BCUT2D eigenvalue weighted by atomic mass is 9.84. The highest BCUT2D eigenvalue weighted by Crippen LogP contribution is 2.47. The molecule has 1 saturated heterocycles. The van der Waals surface area contributed by atoms with Crippen LogP contribution in [0.5, 0.6) is 11.5 Å². The van der Waals surface area contributed by atoms with Gasteiger partial charge in [-0.15, -0.1) is 0 Å². The SMILES string of the molecule is COc1ccccc1CNC(=O)C[C@@H]1C[C@H]2c3cc(NC(=O)NC4CCCC4)ccc3O[C@H]2[C@H](CO)O1. The minimum Gasteiger partial charge on any atom is -0.496 e. The maximum Gasteiger partial charge on any atom is 0.319 e. The van der Waals surface area contributed by atoms with Crippen LogP contribution in [-0.2, 0) is 16.1 Å². The van der Waals surface area contributed by atoms with E-state index in [0.717, 1.165) is 48.3 Å². The van der Waals surface area contributed by atoms with Gasteiger partial charge in [0.05, 0.1) is 26.2 Å². The van der Waals surface area contributed by atoms with Crippen molar-refractivity contribution in [2.75, 3.05) is 19.0 Å². The summed E-state index contributed by atoms with van der Waals surface area (Å²) in [5.41, 5.74) is 2.55. The van der Waals surface area contributed by atoms with Gasteiger partial charge in [-0.25, -0.2) is 4.79 Å². The summed E-state index contributed by atoms with van der Waals surface area (Å²) in [6.45, 7) is 0.151. The quantitative estimate of drug-likeness (QED) is 0.433. The van der Waals surface area contributed by atoms with Crippen molar-refractivity contribution in [3.63, 3.8) is 0 Å². The summed E-state index contributed by atoms with van der Waals surface area (Å²) in [6, 6.07) is 13.2. The van der Waals surface area contributed by atoms with Crippen LogP contribution in [0, 0.1) is 0 Å². The number of aliphatic hydroxyl groups is 1. The van der Waals surface area contributed by atoms with Crippen molar-refractivity contribution in [2.45, 2.75) is 75.3 Å². The van der Waals surface area contributed by atoms with E-state index in [1.165, 1.54) is 0 Å². The van der Waals surface area contributed by atoms with Crippen LogP contribution in [-0.4, -0.2) is 55.1 Å². The lowest BCUT2D eigenvalue weighted by molar-refractivity contribution is -0.142. The Morgan fingerprint density at radius 1 is 1.14 bits per heavy atom. The molecule has 3 aliphatic rings. The van der Waals surface area contributed by atoms with Crippen molar-refractivity contribution >= 4 is 17.6 Å². The highest BCUT2D eigenvalue weighted by molar-refractivity contribution is 5.89. The summed E-state index contributed by atoms with van der Waals surface area (Å²) in [4.78, 5) is 25.2. The molecule has 0 bridgehead atoms. The molecule has 9 heteroatoms. The fourth-order valence-electron chi connectivity index (χ4n) is 5.71. The molecule has 9 nitrogen and oxygen atoms in total. The number of hydrogen-bond donors (Lipinski definition) is 4. The predicted octanol–water partition coefficient (Wildman–Crippen LogP) is 3.46. The summed E-state index contributed by atoms with van der Waals surface area (Å²) in [5.74, 6) is 1.26. The molecule has 2 aliphatic heterocycles. The van der Waals surface area contributed by atoms with Gasteiger partial charge in [-0.05, 0) is 43.5 Å². The molecule has 1 aliphatic carbocycles. The molecular weight excluding hydrogens is 474 g/mol. The first-order valence-corrected chi connectivity index (χ1v) is 13.1. The minimum absolute atomic E-state index is 0.0486. The van der Waals surface area contributed by atoms with Crippen molar-refractivity contribution in [3.05, 3.63) is 53.6 Å². The van der Waals surface area contributed by atoms with Gasteiger partial charge < -0.3 is 35.3 Å². The first-order chi connectivity index (χ1) is 18.0. The number of urea groups is 1. The lowest BCUT2D eigenvalue weighted by Crippen LogP contribution is -2.47. The topological polar surface area (TPSA) is 118 Å². The highest BCUT2D eigenvalue weighted by Gasteiger charge is 2.46. The minimum atomic E-state index is -0.541. The largest absolute Gasteiger partial charge is 0.496 e. The van der Waals surface area contributed by atoms with E-state index < -0.39 is 6.10 Å². The fraction of sp³-hybridized carbons (Fsp3) is 0.500. The number of aliphatic hydroxyl groups excluding tert-OH is 1. The van der Waals surface area contributed by atoms with Gasteiger partial charge in [-0.2, -0.15) is 0 Å². The zero-order chi connectivity index (χ0) is 25.8. The highest BCUT2D eigenvalue weighted by atomic mass is 16.6. The van der Waals surface area contributed by atoms with Crippen LogP contribution < -0.4 is 25.4 Å². The second kappa shape index (κ2) is 11.4. The molecule has 2 heterocycles. The molecule has 37 heavy (non-hydrogen) atoms. The molecule has 3 amide bonds. The lowest BCUT2D eigenvalue weighted by Gasteiger charge is -2.37. The third-order valence-electron chi connectivity index (χ3n) is 7.53. The number of ether oxygens (including phenoxy) is 3. The van der Waals surface area contributed by atoms with E-state index in [9.17, 15) is 14.7 Å². The third-order valence-corrected chi connectivity index (χ3v) is 7.53. The third kappa shape index (κ3) is 5.83. The van der Waals surface area contributed by atoms with E-state index in [1.54, 1.807) is 7.11 Å². The predicted molar refractivity (Wildman–Crippen MR) is 138 cm³/mol. The fourth-order valence-corrected chi connectivity index (χ4v) is 5.71. The number of rotatable bonds is 8. The Hall–Kier alpha value is -3.30. The van der Waals surface area contributed by atoms with Gasteiger partial charge in [0.25, 0.3) is 0 Å². The van der Waals surface area contributed by atoms with Gasteiger partial charge in [-0.1, -0.05) is 31.0 Å². The maximum absolute atomic E-state index is 12.8. The number of methoxy groups -OCH3 is 1. The molecule has 2 aromatic rings. The van der Waals surface area contributed by atoms with Crippen LogP contribution in [0.4, 0.5) is 10.5 Å². The molecule has 0 aromatic heterocycles. The van der Waals surface area contributed by atoms with Crippen molar-refractivity contribution in [2.24, 2.45) is 0 Å². The van der Waals surface area contributed by atoms with Crippen molar-refractivity contribution < 1.29 is 28.9 Å². The van der Waals surface area contributed by atoms with E-state index >= 15 is 0 Å². The Morgan fingerprint density at radius 3 is 2.73 bits per heavy atom. The Morgan fingerprint density at radius 2 is 1.95 bits per heavy atom. The summed E-state index contributed by atoms with van der Waals surface area (Å²) in [6.07, 6.45) is 3.84. The molecule has 5 rings (SSSR count). The van der Waals surface area contributed by atoms with E-state index in [1.807, 2.05) is 42.5 Å². The van der Waals surface area contributed by atoms with E-state index in [-0.39, 0.29) is 49.1 Å². The Balaban J connectivity index is 1.22. The smallest absolute Gasteiger partial charge is 0.319 e. The van der Waals surface area contributed by atoms with Crippen LogP contribution in [0.15, 0.2) is 42.5 Å². The van der Waals surface area contributed by atoms with Gasteiger partial charge in [0.1, 0.15) is 23.7 Å². The molecule has 198 valence electrons. The van der Waals surface area contributed by atoms with Crippen molar-refractivity contribution in [1.82, 2.24) is 10.6 Å². The summed E-state index contributed by atoms with van der Waals surface area (Å²) in [5, 5.41) is 18.9. The summed E-state index contributed by atoms with van der Waals surface area (Å²) in [7, 11) is 1.60. The van der Waals surface area contributed by atoms with E-state index in [4.69, 9.17) is 14.2 Å². The number of benzene rings is 2. The number of nitrogens with one attached hydrogen (secondary N) is 3. The molecule has 2 aromatic carbocycles. The monoisotopic (exact) mass is 509 g/mol. The zero-order valence-corrected chi connectivity index (χ0v) is 21.1. The zero-order valence-electron chi connectivity index (χ0n) is 21.1. The van der Waals surface area contributed by atoms with Gasteiger partial charge in [0.2, 0.25) is 5.91 Å². The average molecular weight is 510 g/mol. The number of amides is 3. The first kappa shape index (κ1) is 25.4. The standard InChI is InChI=1S/C28H35N3O6/c1-35-23-9-5-2-6-17(23)15-29-26(33)14-20-13-22-21-12-19(31-28(34)30-18-7-3-4-8-18)10-11-24(21)37-27(22)25(16-32)36-20/h2,5-6,9-12,18,20,22,25,27,32H,3-4,7-8,13-16H2,1H3,(H,29,33)(H2,30,31,34)/t20-,22-,25-,27+/m0/s1. The number of fused-ring (bicyclic) bond motifs is 3. The Bertz CT molecular complexity index is 1120. The Kier molecular flexibility index (Phi) is 7.81. The van der Waals surface area contributed by atoms with Crippen LogP contribution in [0.1, 0.15) is 55.6 Å². The number of carbonyl (C=O) groups is 2. The number of hydrogen-bond acceptors (Lipinski definition) is 6. The van der Waals surface area contributed by atoms with Crippen molar-refractivity contribution in [1.29, 1.82) is 0 Å². The van der Waals surface area contributed by atoms with E-state index in [0.29, 0.717) is 18.7 Å². The molecule has 2 fully saturated rings.